The summed E-state index contributed by atoms with van der Waals surface area (Å²) in [6, 6.07) is 14.6. The van der Waals surface area contributed by atoms with Crippen molar-refractivity contribution in [3.05, 3.63) is 65.4 Å². The van der Waals surface area contributed by atoms with Crippen LogP contribution >= 0.6 is 0 Å². The highest BCUT2D eigenvalue weighted by Gasteiger charge is 2.26. The van der Waals surface area contributed by atoms with Crippen LogP contribution in [0.3, 0.4) is 0 Å². The molecule has 118 valence electrons. The van der Waals surface area contributed by atoms with Crippen LogP contribution in [0.1, 0.15) is 41.4 Å². The van der Waals surface area contributed by atoms with E-state index in [1.54, 1.807) is 13.0 Å². The molecule has 23 heavy (non-hydrogen) atoms. The number of phenolic OH excluding ortho intramolecular Hbond substituents is 1. The molecule has 0 amide bonds. The maximum atomic E-state index is 12.4. The van der Waals surface area contributed by atoms with E-state index in [2.05, 4.69) is 0 Å². The predicted octanol–water partition coefficient (Wildman–Crippen LogP) is 4.47. The number of hydrogen-bond acceptors (Lipinski definition) is 4. The van der Waals surface area contributed by atoms with Crippen molar-refractivity contribution in [2.75, 3.05) is 6.61 Å². The van der Waals surface area contributed by atoms with Gasteiger partial charge in [-0.25, -0.2) is 4.79 Å². The average Bonchev–Trinajstić information content (AvgIpc) is 2.93. The molecule has 0 aliphatic rings. The van der Waals surface area contributed by atoms with Crippen LogP contribution in [0.4, 0.5) is 0 Å². The SMILES string of the molecule is CCOC(=O)c1c(C(C)c2ccccc2)oc2ccc(O)cc12. The Hall–Kier alpha value is -2.75. The molecule has 1 aromatic heterocycles. The monoisotopic (exact) mass is 310 g/mol. The van der Waals surface area contributed by atoms with Crippen molar-refractivity contribution in [2.24, 2.45) is 0 Å². The van der Waals surface area contributed by atoms with E-state index in [0.29, 0.717) is 22.3 Å². The Bertz CT molecular complexity index is 833. The van der Waals surface area contributed by atoms with E-state index < -0.39 is 5.97 Å². The number of hydrogen-bond donors (Lipinski definition) is 1. The quantitative estimate of drug-likeness (QED) is 0.722. The number of carbonyl (C=O) groups excluding carboxylic acids is 1. The number of fused-ring (bicyclic) bond motifs is 1. The second-order valence-corrected chi connectivity index (χ2v) is 5.37. The van der Waals surface area contributed by atoms with Crippen LogP contribution in [0.25, 0.3) is 11.0 Å². The molecule has 0 fully saturated rings. The van der Waals surface area contributed by atoms with Crippen LogP contribution in [0.15, 0.2) is 52.9 Å². The molecule has 1 heterocycles. The number of ether oxygens (including phenoxy) is 1. The van der Waals surface area contributed by atoms with Crippen molar-refractivity contribution >= 4 is 16.9 Å². The van der Waals surface area contributed by atoms with Crippen molar-refractivity contribution in [3.8, 4) is 5.75 Å². The fourth-order valence-electron chi connectivity index (χ4n) is 2.72. The van der Waals surface area contributed by atoms with Gasteiger partial charge in [0.1, 0.15) is 22.7 Å². The first-order chi connectivity index (χ1) is 11.1. The van der Waals surface area contributed by atoms with Gasteiger partial charge in [-0.15, -0.1) is 0 Å². The first-order valence-corrected chi connectivity index (χ1v) is 7.59. The lowest BCUT2D eigenvalue weighted by atomic mass is 9.95. The Kier molecular flexibility index (Phi) is 4.06. The van der Waals surface area contributed by atoms with E-state index >= 15 is 0 Å². The summed E-state index contributed by atoms with van der Waals surface area (Å²) in [5.74, 6) is 0.0952. The van der Waals surface area contributed by atoms with Gasteiger partial charge in [0, 0.05) is 11.3 Å². The third kappa shape index (κ3) is 2.80. The van der Waals surface area contributed by atoms with Crippen molar-refractivity contribution in [1.29, 1.82) is 0 Å². The lowest BCUT2D eigenvalue weighted by Gasteiger charge is -2.11. The summed E-state index contributed by atoms with van der Waals surface area (Å²) in [6.45, 7) is 4.02. The minimum absolute atomic E-state index is 0.0859. The van der Waals surface area contributed by atoms with Crippen molar-refractivity contribution in [3.63, 3.8) is 0 Å². The van der Waals surface area contributed by atoms with Gasteiger partial charge in [-0.3, -0.25) is 0 Å². The topological polar surface area (TPSA) is 59.7 Å². The van der Waals surface area contributed by atoms with Gasteiger partial charge in [0.2, 0.25) is 0 Å². The highest BCUT2D eigenvalue weighted by molar-refractivity contribution is 6.05. The van der Waals surface area contributed by atoms with E-state index in [4.69, 9.17) is 9.15 Å². The minimum atomic E-state index is -0.436. The number of furan rings is 1. The normalized spacial score (nSPS) is 12.3. The van der Waals surface area contributed by atoms with Crippen LogP contribution in [0.2, 0.25) is 0 Å². The molecule has 0 radical (unpaired) electrons. The Balaban J connectivity index is 2.19. The van der Waals surface area contributed by atoms with E-state index in [-0.39, 0.29) is 18.3 Å². The van der Waals surface area contributed by atoms with Gasteiger partial charge in [0.15, 0.2) is 0 Å². The molecule has 3 aromatic rings. The van der Waals surface area contributed by atoms with E-state index in [1.807, 2.05) is 37.3 Å². The molecule has 4 heteroatoms. The van der Waals surface area contributed by atoms with Gasteiger partial charge >= 0.3 is 5.97 Å². The molecule has 0 aliphatic carbocycles. The number of aromatic hydroxyl groups is 1. The molecular formula is C19H18O4. The molecule has 0 spiro atoms. The van der Waals surface area contributed by atoms with Gasteiger partial charge in [-0.2, -0.15) is 0 Å². The first-order valence-electron chi connectivity index (χ1n) is 7.59. The maximum Gasteiger partial charge on any atom is 0.342 e. The highest BCUT2D eigenvalue weighted by Crippen LogP contribution is 2.36. The summed E-state index contributed by atoms with van der Waals surface area (Å²) >= 11 is 0. The number of rotatable bonds is 4. The molecule has 0 aliphatic heterocycles. The van der Waals surface area contributed by atoms with Gasteiger partial charge in [-0.1, -0.05) is 37.3 Å². The molecule has 0 saturated heterocycles. The number of phenols is 1. The standard InChI is InChI=1S/C19H18O4/c1-3-22-19(21)17-15-11-14(20)9-10-16(15)23-18(17)12(2)13-7-5-4-6-8-13/h4-12,20H,3H2,1-2H3. The molecule has 2 aromatic carbocycles. The molecule has 0 bridgehead atoms. The van der Waals surface area contributed by atoms with Crippen LogP contribution in [0.5, 0.6) is 5.75 Å². The van der Waals surface area contributed by atoms with Crippen LogP contribution in [0, 0.1) is 0 Å². The second kappa shape index (κ2) is 6.16. The molecule has 1 N–H and O–H groups in total. The summed E-state index contributed by atoms with van der Waals surface area (Å²) in [7, 11) is 0. The number of esters is 1. The largest absolute Gasteiger partial charge is 0.508 e. The smallest absolute Gasteiger partial charge is 0.342 e. The summed E-state index contributed by atoms with van der Waals surface area (Å²) in [4.78, 5) is 12.4. The zero-order valence-electron chi connectivity index (χ0n) is 13.1. The van der Waals surface area contributed by atoms with E-state index in [0.717, 1.165) is 5.56 Å². The summed E-state index contributed by atoms with van der Waals surface area (Å²) < 4.78 is 11.1. The summed E-state index contributed by atoms with van der Waals surface area (Å²) in [6.07, 6.45) is 0. The maximum absolute atomic E-state index is 12.4. The highest BCUT2D eigenvalue weighted by atomic mass is 16.5. The zero-order valence-corrected chi connectivity index (χ0v) is 13.1. The van der Waals surface area contributed by atoms with Gasteiger partial charge in [0.25, 0.3) is 0 Å². The summed E-state index contributed by atoms with van der Waals surface area (Å²) in [5.41, 5.74) is 1.99. The Morgan fingerprint density at radius 1 is 1.22 bits per heavy atom. The fraction of sp³-hybridized carbons (Fsp3) is 0.211. The molecule has 3 rings (SSSR count). The molecule has 0 saturated carbocycles. The third-order valence-corrected chi connectivity index (χ3v) is 3.87. The zero-order chi connectivity index (χ0) is 16.4. The van der Waals surface area contributed by atoms with Gasteiger partial charge < -0.3 is 14.3 Å². The first kappa shape index (κ1) is 15.2. The number of benzene rings is 2. The fourth-order valence-corrected chi connectivity index (χ4v) is 2.72. The number of carbonyl (C=O) groups is 1. The lowest BCUT2D eigenvalue weighted by Crippen LogP contribution is -2.08. The average molecular weight is 310 g/mol. The summed E-state index contributed by atoms with van der Waals surface area (Å²) in [5, 5.41) is 10.3. The molecular weight excluding hydrogens is 292 g/mol. The van der Waals surface area contributed by atoms with Crippen molar-refractivity contribution in [2.45, 2.75) is 19.8 Å². The van der Waals surface area contributed by atoms with Crippen molar-refractivity contribution < 1.29 is 19.1 Å². The molecule has 4 nitrogen and oxygen atoms in total. The van der Waals surface area contributed by atoms with Crippen LogP contribution in [-0.2, 0) is 4.74 Å². The Morgan fingerprint density at radius 3 is 2.65 bits per heavy atom. The minimum Gasteiger partial charge on any atom is -0.508 e. The Morgan fingerprint density at radius 2 is 1.96 bits per heavy atom. The molecule has 1 atom stereocenters. The van der Waals surface area contributed by atoms with Crippen LogP contribution in [-0.4, -0.2) is 17.7 Å². The van der Waals surface area contributed by atoms with Gasteiger partial charge in [-0.05, 0) is 30.7 Å². The van der Waals surface area contributed by atoms with E-state index in [9.17, 15) is 9.90 Å². The predicted molar refractivity (Wildman–Crippen MR) is 87.8 cm³/mol. The lowest BCUT2D eigenvalue weighted by molar-refractivity contribution is 0.0525. The van der Waals surface area contributed by atoms with E-state index in [1.165, 1.54) is 12.1 Å². The third-order valence-electron chi connectivity index (χ3n) is 3.87. The van der Waals surface area contributed by atoms with Crippen LogP contribution < -0.4 is 0 Å². The Labute approximate surface area is 134 Å². The van der Waals surface area contributed by atoms with Gasteiger partial charge in [0.05, 0.1) is 6.61 Å². The van der Waals surface area contributed by atoms with Crippen molar-refractivity contribution in [1.82, 2.24) is 0 Å². The second-order valence-electron chi connectivity index (χ2n) is 5.37. The molecule has 1 unspecified atom stereocenters.